The van der Waals surface area contributed by atoms with Crippen molar-refractivity contribution < 1.29 is 4.74 Å². The van der Waals surface area contributed by atoms with Crippen molar-refractivity contribution in [3.63, 3.8) is 0 Å². The number of hydrogen-bond acceptors (Lipinski definition) is 3. The zero-order valence-electron chi connectivity index (χ0n) is 13.8. The van der Waals surface area contributed by atoms with Gasteiger partial charge in [-0.25, -0.2) is 0 Å². The molecule has 1 aliphatic rings. The van der Waals surface area contributed by atoms with Gasteiger partial charge in [-0.1, -0.05) is 26.2 Å². The molecule has 1 fully saturated rings. The van der Waals surface area contributed by atoms with Crippen LogP contribution in [0, 0.1) is 0 Å². The maximum atomic E-state index is 6.39. The van der Waals surface area contributed by atoms with Crippen molar-refractivity contribution in [1.82, 2.24) is 9.78 Å². The molecule has 0 bridgehead atoms. The number of nitrogens with two attached hydrogens (primary N) is 1. The molecular formula is C17H31N3O. The number of ether oxygens (including phenoxy) is 1. The van der Waals surface area contributed by atoms with Crippen LogP contribution in [0.2, 0.25) is 0 Å². The Morgan fingerprint density at radius 3 is 2.71 bits per heavy atom. The van der Waals surface area contributed by atoms with E-state index in [1.54, 1.807) is 0 Å². The summed E-state index contributed by atoms with van der Waals surface area (Å²) in [6.45, 7) is 6.97. The monoisotopic (exact) mass is 293 g/mol. The lowest BCUT2D eigenvalue weighted by molar-refractivity contribution is -0.0463. The van der Waals surface area contributed by atoms with E-state index in [4.69, 9.17) is 15.6 Å². The van der Waals surface area contributed by atoms with Gasteiger partial charge in [0.25, 0.3) is 0 Å². The van der Waals surface area contributed by atoms with Crippen LogP contribution in [0.1, 0.15) is 71.0 Å². The summed E-state index contributed by atoms with van der Waals surface area (Å²) >= 11 is 0. The molecule has 1 saturated carbocycles. The van der Waals surface area contributed by atoms with E-state index in [9.17, 15) is 0 Å². The van der Waals surface area contributed by atoms with Gasteiger partial charge >= 0.3 is 0 Å². The first-order valence-corrected chi connectivity index (χ1v) is 8.52. The van der Waals surface area contributed by atoms with E-state index in [1.165, 1.54) is 32.1 Å². The third-order valence-electron chi connectivity index (χ3n) is 5.00. The highest BCUT2D eigenvalue weighted by molar-refractivity contribution is 5.05. The molecule has 0 radical (unpaired) electrons. The maximum Gasteiger partial charge on any atom is 0.0805 e. The van der Waals surface area contributed by atoms with Gasteiger partial charge in [-0.05, 0) is 39.2 Å². The molecule has 2 rings (SSSR count). The SMILES string of the molecule is CCOC(C)(CC)C(N)Cc1ccn(C2CCCCC2)n1. The molecule has 1 heterocycles. The zero-order valence-corrected chi connectivity index (χ0v) is 13.8. The van der Waals surface area contributed by atoms with Gasteiger partial charge in [-0.15, -0.1) is 0 Å². The Hall–Kier alpha value is -0.870. The van der Waals surface area contributed by atoms with Crippen molar-refractivity contribution in [3.05, 3.63) is 18.0 Å². The Balaban J connectivity index is 1.98. The molecule has 1 aliphatic carbocycles. The largest absolute Gasteiger partial charge is 0.374 e. The standard InChI is InChI=1S/C17H31N3O/c1-4-17(3,21-5-2)16(18)13-14-11-12-20(19-14)15-9-7-6-8-10-15/h11-12,15-16H,4-10,13,18H2,1-3H3. The second-order valence-electron chi connectivity index (χ2n) is 6.49. The van der Waals surface area contributed by atoms with Crippen LogP contribution < -0.4 is 5.73 Å². The molecule has 1 aromatic rings. The van der Waals surface area contributed by atoms with E-state index in [0.29, 0.717) is 12.6 Å². The van der Waals surface area contributed by atoms with E-state index in [-0.39, 0.29) is 11.6 Å². The van der Waals surface area contributed by atoms with E-state index in [1.807, 2.05) is 6.92 Å². The third kappa shape index (κ3) is 4.07. The van der Waals surface area contributed by atoms with Crippen LogP contribution in [0.5, 0.6) is 0 Å². The van der Waals surface area contributed by atoms with Crippen LogP contribution in [-0.4, -0.2) is 28.0 Å². The summed E-state index contributed by atoms with van der Waals surface area (Å²) in [7, 11) is 0. The van der Waals surface area contributed by atoms with E-state index < -0.39 is 0 Å². The fraction of sp³-hybridized carbons (Fsp3) is 0.824. The Kier molecular flexibility index (Phi) is 5.82. The summed E-state index contributed by atoms with van der Waals surface area (Å²) in [5.74, 6) is 0. The Labute approximate surface area is 129 Å². The molecule has 1 aromatic heterocycles. The second-order valence-corrected chi connectivity index (χ2v) is 6.49. The average Bonchev–Trinajstić information content (AvgIpc) is 2.96. The predicted octanol–water partition coefficient (Wildman–Crippen LogP) is 3.46. The number of nitrogens with zero attached hydrogens (tertiary/aromatic N) is 2. The fourth-order valence-electron chi connectivity index (χ4n) is 3.28. The fourth-order valence-corrected chi connectivity index (χ4v) is 3.28. The number of rotatable bonds is 7. The maximum absolute atomic E-state index is 6.39. The molecule has 2 atom stereocenters. The number of aromatic nitrogens is 2. The molecule has 4 nitrogen and oxygen atoms in total. The van der Waals surface area contributed by atoms with Crippen LogP contribution in [0.15, 0.2) is 12.3 Å². The topological polar surface area (TPSA) is 53.1 Å². The van der Waals surface area contributed by atoms with Crippen LogP contribution in [0.25, 0.3) is 0 Å². The van der Waals surface area contributed by atoms with Gasteiger partial charge < -0.3 is 10.5 Å². The first kappa shape index (κ1) is 16.5. The highest BCUT2D eigenvalue weighted by atomic mass is 16.5. The van der Waals surface area contributed by atoms with Crippen molar-refractivity contribution >= 4 is 0 Å². The van der Waals surface area contributed by atoms with Gasteiger partial charge in [0.05, 0.1) is 17.3 Å². The van der Waals surface area contributed by atoms with Gasteiger partial charge in [-0.3, -0.25) is 4.68 Å². The lowest BCUT2D eigenvalue weighted by Crippen LogP contribution is -2.48. The quantitative estimate of drug-likeness (QED) is 0.837. The highest BCUT2D eigenvalue weighted by Crippen LogP contribution is 2.28. The van der Waals surface area contributed by atoms with Crippen LogP contribution >= 0.6 is 0 Å². The Morgan fingerprint density at radius 2 is 2.10 bits per heavy atom. The Bertz CT molecular complexity index is 425. The summed E-state index contributed by atoms with van der Waals surface area (Å²) in [6.07, 6.45) is 10.4. The first-order chi connectivity index (χ1) is 10.1. The second kappa shape index (κ2) is 7.41. The van der Waals surface area contributed by atoms with Gasteiger partial charge in [0.2, 0.25) is 0 Å². The van der Waals surface area contributed by atoms with Gasteiger partial charge in [0, 0.05) is 25.3 Å². The summed E-state index contributed by atoms with van der Waals surface area (Å²) in [4.78, 5) is 0. The molecule has 0 saturated heterocycles. The minimum atomic E-state index is -0.261. The molecule has 0 aliphatic heterocycles. The van der Waals surface area contributed by atoms with Crippen LogP contribution in [0.3, 0.4) is 0 Å². The molecule has 2 unspecified atom stereocenters. The average molecular weight is 293 g/mol. The van der Waals surface area contributed by atoms with E-state index in [0.717, 1.165) is 18.5 Å². The van der Waals surface area contributed by atoms with E-state index in [2.05, 4.69) is 30.8 Å². The lowest BCUT2D eigenvalue weighted by Gasteiger charge is -2.34. The van der Waals surface area contributed by atoms with E-state index >= 15 is 0 Å². The van der Waals surface area contributed by atoms with Gasteiger partial charge in [-0.2, -0.15) is 5.10 Å². The molecule has 2 N–H and O–H groups in total. The molecule has 0 spiro atoms. The molecule has 21 heavy (non-hydrogen) atoms. The van der Waals surface area contributed by atoms with Crippen molar-refractivity contribution in [2.75, 3.05) is 6.61 Å². The Morgan fingerprint density at radius 1 is 1.38 bits per heavy atom. The summed E-state index contributed by atoms with van der Waals surface area (Å²) in [5, 5.41) is 4.76. The normalized spacial score (nSPS) is 21.1. The first-order valence-electron chi connectivity index (χ1n) is 8.52. The molecule has 0 aromatic carbocycles. The summed E-state index contributed by atoms with van der Waals surface area (Å²) < 4.78 is 8.03. The predicted molar refractivity (Wildman–Crippen MR) is 86.4 cm³/mol. The molecule has 0 amide bonds. The summed E-state index contributed by atoms with van der Waals surface area (Å²) in [6, 6.07) is 2.70. The molecule has 120 valence electrons. The van der Waals surface area contributed by atoms with Crippen molar-refractivity contribution in [3.8, 4) is 0 Å². The van der Waals surface area contributed by atoms with Crippen molar-refractivity contribution in [2.45, 2.75) is 83.4 Å². The third-order valence-corrected chi connectivity index (χ3v) is 5.00. The van der Waals surface area contributed by atoms with Gasteiger partial charge in [0.15, 0.2) is 0 Å². The minimum Gasteiger partial charge on any atom is -0.374 e. The lowest BCUT2D eigenvalue weighted by atomic mass is 9.90. The number of hydrogen-bond donors (Lipinski definition) is 1. The smallest absolute Gasteiger partial charge is 0.0805 e. The summed E-state index contributed by atoms with van der Waals surface area (Å²) in [5.41, 5.74) is 7.22. The molecular weight excluding hydrogens is 262 g/mol. The van der Waals surface area contributed by atoms with Gasteiger partial charge in [0.1, 0.15) is 0 Å². The van der Waals surface area contributed by atoms with Crippen molar-refractivity contribution in [2.24, 2.45) is 5.73 Å². The van der Waals surface area contributed by atoms with Crippen molar-refractivity contribution in [1.29, 1.82) is 0 Å². The highest BCUT2D eigenvalue weighted by Gasteiger charge is 2.31. The minimum absolute atomic E-state index is 0.0165. The van der Waals surface area contributed by atoms with Crippen LogP contribution in [-0.2, 0) is 11.2 Å². The van der Waals surface area contributed by atoms with Crippen LogP contribution in [0.4, 0.5) is 0 Å². The molecule has 4 heteroatoms. The zero-order chi connectivity index (χ0) is 15.3.